The smallest absolute Gasteiger partial charge is 0.318 e. The van der Waals surface area contributed by atoms with Crippen LogP contribution < -0.4 is 9.46 Å². The molecule has 0 fully saturated rings. The lowest BCUT2D eigenvalue weighted by molar-refractivity contribution is 0.280. The Morgan fingerprint density at radius 2 is 1.95 bits per heavy atom. The number of aromatic nitrogens is 2. The van der Waals surface area contributed by atoms with Crippen molar-refractivity contribution in [2.75, 3.05) is 11.0 Å². The maximum Gasteiger partial charge on any atom is 0.318 e. The zero-order valence-electron chi connectivity index (χ0n) is 11.5. The highest BCUT2D eigenvalue weighted by Gasteiger charge is 2.12. The molecule has 1 aromatic carbocycles. The van der Waals surface area contributed by atoms with E-state index < -0.39 is 21.7 Å². The zero-order valence-corrected chi connectivity index (χ0v) is 12.3. The van der Waals surface area contributed by atoms with Gasteiger partial charge >= 0.3 is 6.01 Å². The van der Waals surface area contributed by atoms with Crippen molar-refractivity contribution in [3.63, 3.8) is 0 Å². The van der Waals surface area contributed by atoms with Crippen molar-refractivity contribution in [3.05, 3.63) is 47.4 Å². The Morgan fingerprint density at radius 3 is 2.57 bits per heavy atom. The number of ether oxygens (including phenoxy) is 1. The first-order valence-electron chi connectivity index (χ1n) is 6.02. The molecule has 2 rings (SSSR count). The number of anilines is 1. The molecule has 0 unspecified atom stereocenters. The first-order valence-corrected chi connectivity index (χ1v) is 7.91. The lowest BCUT2D eigenvalue weighted by Crippen LogP contribution is -2.13. The molecule has 1 heterocycles. The monoisotopic (exact) mass is 311 g/mol. The van der Waals surface area contributed by atoms with Gasteiger partial charge in [0.1, 0.15) is 6.61 Å². The van der Waals surface area contributed by atoms with E-state index in [2.05, 4.69) is 9.97 Å². The third kappa shape index (κ3) is 4.67. The van der Waals surface area contributed by atoms with Crippen LogP contribution in [0.5, 0.6) is 6.01 Å². The van der Waals surface area contributed by atoms with Gasteiger partial charge in [-0.05, 0) is 12.5 Å². The van der Waals surface area contributed by atoms with E-state index in [0.717, 1.165) is 23.6 Å². The number of halogens is 1. The summed E-state index contributed by atoms with van der Waals surface area (Å²) in [5.41, 5.74) is 2.02. The fourth-order valence-electron chi connectivity index (χ4n) is 1.50. The summed E-state index contributed by atoms with van der Waals surface area (Å²) in [5.74, 6) is -1.31. The Kier molecular flexibility index (Phi) is 4.37. The summed E-state index contributed by atoms with van der Waals surface area (Å²) in [6.07, 6.45) is 1.76. The quantitative estimate of drug-likeness (QED) is 0.911. The molecule has 1 aromatic heterocycles. The van der Waals surface area contributed by atoms with Gasteiger partial charge in [0.05, 0.1) is 12.5 Å². The fraction of sp³-hybridized carbons (Fsp3) is 0.231. The van der Waals surface area contributed by atoms with E-state index in [1.807, 2.05) is 35.9 Å². The van der Waals surface area contributed by atoms with Gasteiger partial charge in [-0.1, -0.05) is 29.8 Å². The van der Waals surface area contributed by atoms with E-state index in [1.165, 1.54) is 0 Å². The van der Waals surface area contributed by atoms with Crippen LogP contribution in [0, 0.1) is 12.7 Å². The second kappa shape index (κ2) is 6.04. The lowest BCUT2D eigenvalue weighted by Gasteiger charge is -2.08. The van der Waals surface area contributed by atoms with Gasteiger partial charge in [0.15, 0.2) is 11.6 Å². The van der Waals surface area contributed by atoms with Crippen LogP contribution in [-0.2, 0) is 16.6 Å². The van der Waals surface area contributed by atoms with Crippen LogP contribution in [0.2, 0.25) is 0 Å². The van der Waals surface area contributed by atoms with Gasteiger partial charge in [0.25, 0.3) is 0 Å². The van der Waals surface area contributed by atoms with Gasteiger partial charge in [-0.3, -0.25) is 4.72 Å². The summed E-state index contributed by atoms with van der Waals surface area (Å²) in [4.78, 5) is 7.35. The molecule has 1 N–H and O–H groups in total. The Bertz CT molecular complexity index is 733. The highest BCUT2D eigenvalue weighted by molar-refractivity contribution is 7.92. The van der Waals surface area contributed by atoms with Crippen LogP contribution in [-0.4, -0.2) is 24.6 Å². The highest BCUT2D eigenvalue weighted by Crippen LogP contribution is 2.15. The van der Waals surface area contributed by atoms with E-state index in [-0.39, 0.29) is 12.6 Å². The molecule has 0 radical (unpaired) electrons. The average Bonchev–Trinajstić information content (AvgIpc) is 2.40. The largest absolute Gasteiger partial charge is 0.459 e. The summed E-state index contributed by atoms with van der Waals surface area (Å²) < 4.78 is 42.9. The number of rotatable bonds is 5. The van der Waals surface area contributed by atoms with Crippen molar-refractivity contribution >= 4 is 15.8 Å². The molecular weight excluding hydrogens is 297 g/mol. The average molecular weight is 311 g/mol. The number of hydrogen-bond acceptors (Lipinski definition) is 5. The van der Waals surface area contributed by atoms with E-state index in [4.69, 9.17) is 4.74 Å². The minimum atomic E-state index is -3.62. The minimum absolute atomic E-state index is 0.108. The number of nitrogens with one attached hydrogen (secondary N) is 1. The number of sulfonamides is 1. The normalized spacial score (nSPS) is 11.2. The van der Waals surface area contributed by atoms with Crippen molar-refractivity contribution in [1.82, 2.24) is 9.97 Å². The van der Waals surface area contributed by atoms with E-state index >= 15 is 0 Å². The van der Waals surface area contributed by atoms with E-state index in [0.29, 0.717) is 0 Å². The Labute approximate surface area is 122 Å². The molecule has 0 aliphatic heterocycles. The van der Waals surface area contributed by atoms with E-state index in [1.54, 1.807) is 0 Å². The molecule has 2 aromatic rings. The second-order valence-corrected chi connectivity index (χ2v) is 6.25. The number of benzene rings is 1. The molecule has 0 atom stereocenters. The Morgan fingerprint density at radius 1 is 1.29 bits per heavy atom. The Balaban J connectivity index is 2.10. The molecule has 0 aliphatic rings. The van der Waals surface area contributed by atoms with Gasteiger partial charge in [0.2, 0.25) is 10.0 Å². The summed E-state index contributed by atoms with van der Waals surface area (Å²) in [5, 5.41) is 0. The van der Waals surface area contributed by atoms with Crippen LogP contribution in [0.25, 0.3) is 0 Å². The summed E-state index contributed by atoms with van der Waals surface area (Å²) in [6.45, 7) is 2.17. The van der Waals surface area contributed by atoms with Gasteiger partial charge in [-0.25, -0.2) is 17.8 Å². The fourth-order valence-corrected chi connectivity index (χ4v) is 1.99. The van der Waals surface area contributed by atoms with Gasteiger partial charge in [-0.15, -0.1) is 0 Å². The van der Waals surface area contributed by atoms with Crippen LogP contribution in [0.15, 0.2) is 30.5 Å². The molecule has 0 amide bonds. The van der Waals surface area contributed by atoms with Crippen molar-refractivity contribution < 1.29 is 17.5 Å². The maximum atomic E-state index is 13.4. The SMILES string of the molecule is Cc1ccc(COc2ncc(F)c(NS(C)(=O)=O)n2)cc1. The molecule has 0 saturated carbocycles. The molecule has 0 saturated heterocycles. The summed E-state index contributed by atoms with van der Waals surface area (Å²) in [7, 11) is -3.62. The second-order valence-electron chi connectivity index (χ2n) is 4.50. The molecule has 21 heavy (non-hydrogen) atoms. The predicted molar refractivity (Wildman–Crippen MR) is 76.0 cm³/mol. The third-order valence-electron chi connectivity index (χ3n) is 2.49. The highest BCUT2D eigenvalue weighted by atomic mass is 32.2. The summed E-state index contributed by atoms with van der Waals surface area (Å²) >= 11 is 0. The standard InChI is InChI=1S/C13H14FN3O3S/c1-9-3-5-10(6-4-9)8-20-13-15-7-11(14)12(16-13)17-21(2,18)19/h3-7H,8H2,1-2H3,(H,15,16,17). The molecule has 0 bridgehead atoms. The number of aryl methyl sites for hydroxylation is 1. The minimum Gasteiger partial charge on any atom is -0.459 e. The maximum absolute atomic E-state index is 13.4. The van der Waals surface area contributed by atoms with Crippen LogP contribution in [0.1, 0.15) is 11.1 Å². The van der Waals surface area contributed by atoms with Crippen molar-refractivity contribution in [2.45, 2.75) is 13.5 Å². The molecule has 0 aliphatic carbocycles. The van der Waals surface area contributed by atoms with Crippen LogP contribution in [0.4, 0.5) is 10.2 Å². The van der Waals surface area contributed by atoms with Crippen molar-refractivity contribution in [2.24, 2.45) is 0 Å². The topological polar surface area (TPSA) is 81.2 Å². The number of nitrogens with zero attached hydrogens (tertiary/aromatic N) is 2. The van der Waals surface area contributed by atoms with Gasteiger partial charge in [-0.2, -0.15) is 4.98 Å². The van der Waals surface area contributed by atoms with Crippen LogP contribution in [0.3, 0.4) is 0 Å². The number of hydrogen-bond donors (Lipinski definition) is 1. The first-order chi connectivity index (χ1) is 9.83. The zero-order chi connectivity index (χ0) is 15.5. The molecular formula is C13H14FN3O3S. The first kappa shape index (κ1) is 15.2. The molecule has 112 valence electrons. The Hall–Kier alpha value is -2.22. The van der Waals surface area contributed by atoms with Crippen LogP contribution >= 0.6 is 0 Å². The van der Waals surface area contributed by atoms with Gasteiger partial charge in [0, 0.05) is 0 Å². The van der Waals surface area contributed by atoms with Crippen molar-refractivity contribution in [1.29, 1.82) is 0 Å². The molecule has 8 heteroatoms. The van der Waals surface area contributed by atoms with Gasteiger partial charge < -0.3 is 4.74 Å². The predicted octanol–water partition coefficient (Wildman–Crippen LogP) is 1.87. The van der Waals surface area contributed by atoms with E-state index in [9.17, 15) is 12.8 Å². The molecule has 6 nitrogen and oxygen atoms in total. The summed E-state index contributed by atoms with van der Waals surface area (Å²) in [6, 6.07) is 7.52. The van der Waals surface area contributed by atoms with Crippen molar-refractivity contribution in [3.8, 4) is 6.01 Å². The third-order valence-corrected chi connectivity index (χ3v) is 3.06. The molecule has 0 spiro atoms. The lowest BCUT2D eigenvalue weighted by atomic mass is 10.2.